The molecule has 0 radical (unpaired) electrons. The quantitative estimate of drug-likeness (QED) is 0.415. The van der Waals surface area contributed by atoms with Crippen molar-refractivity contribution in [1.82, 2.24) is 0 Å². The Bertz CT molecular complexity index is 530. The number of carbonyl (C=O) groups is 1. The second-order valence-electron chi connectivity index (χ2n) is 5.36. The highest BCUT2D eigenvalue weighted by Gasteiger charge is 2.12. The van der Waals surface area contributed by atoms with E-state index in [2.05, 4.69) is 18.8 Å². The summed E-state index contributed by atoms with van der Waals surface area (Å²) in [5.41, 5.74) is 1.07. The van der Waals surface area contributed by atoms with Gasteiger partial charge in [-0.2, -0.15) is 0 Å². The summed E-state index contributed by atoms with van der Waals surface area (Å²) in [6.07, 6.45) is 4.67. The van der Waals surface area contributed by atoms with Gasteiger partial charge in [0, 0.05) is 11.8 Å². The van der Waals surface area contributed by atoms with E-state index >= 15 is 0 Å². The highest BCUT2D eigenvalue weighted by molar-refractivity contribution is 6.09. The summed E-state index contributed by atoms with van der Waals surface area (Å²) >= 11 is 0. The molecule has 1 aromatic rings. The largest absolute Gasteiger partial charge is 0.491 e. The van der Waals surface area contributed by atoms with Gasteiger partial charge in [0.15, 0.2) is 0 Å². The fourth-order valence-corrected chi connectivity index (χ4v) is 1.71. The molecule has 1 rings (SSSR count). The molecule has 1 aromatic carbocycles. The van der Waals surface area contributed by atoms with Crippen molar-refractivity contribution < 1.29 is 9.53 Å². The number of ketones is 1. The molecule has 0 amide bonds. The lowest BCUT2D eigenvalue weighted by atomic mass is 10.1. The number of ether oxygens (including phenoxy) is 1. The van der Waals surface area contributed by atoms with E-state index in [-0.39, 0.29) is 11.9 Å². The molecular weight excluding hydrogens is 262 g/mol. The number of Topliss-reactive ketones (excluding diaryl/α,β-unsaturated/α-hetero) is 1. The molecule has 21 heavy (non-hydrogen) atoms. The molecule has 0 heterocycles. The first-order valence-electron chi connectivity index (χ1n) is 7.49. The number of hydrogen-bond donors (Lipinski definition) is 0. The lowest BCUT2D eigenvalue weighted by molar-refractivity contribution is 0.103. The Hall–Kier alpha value is -1.90. The van der Waals surface area contributed by atoms with Crippen molar-refractivity contribution in [3.63, 3.8) is 0 Å². The van der Waals surface area contributed by atoms with E-state index in [4.69, 9.17) is 4.74 Å². The Kier molecular flexibility index (Phi) is 6.86. The first-order valence-corrected chi connectivity index (χ1v) is 7.49. The van der Waals surface area contributed by atoms with Crippen LogP contribution in [0.4, 0.5) is 0 Å². The van der Waals surface area contributed by atoms with Gasteiger partial charge in [0.2, 0.25) is 5.78 Å². The van der Waals surface area contributed by atoms with Gasteiger partial charge in [-0.15, -0.1) is 0 Å². The van der Waals surface area contributed by atoms with Gasteiger partial charge in [0.25, 0.3) is 0 Å². The average Bonchev–Trinajstić information content (AvgIpc) is 2.46. The molecule has 0 aromatic heterocycles. The van der Waals surface area contributed by atoms with Crippen LogP contribution in [0.25, 0.3) is 0 Å². The van der Waals surface area contributed by atoms with Gasteiger partial charge in [0.1, 0.15) is 11.4 Å². The third-order valence-electron chi connectivity index (χ3n) is 3.09. The van der Waals surface area contributed by atoms with Crippen LogP contribution in [-0.4, -0.2) is 18.1 Å². The number of aliphatic imine (C=N–C) groups is 1. The maximum Gasteiger partial charge on any atom is 0.211 e. The second kappa shape index (κ2) is 8.40. The monoisotopic (exact) mass is 287 g/mol. The van der Waals surface area contributed by atoms with E-state index in [0.29, 0.717) is 22.9 Å². The van der Waals surface area contributed by atoms with Crippen molar-refractivity contribution in [3.05, 3.63) is 41.6 Å². The standard InChI is InChI=1S/C18H25NO2/c1-6-14(5)12-19-17(7-2)18(20)15-9-8-10-16(11-15)21-13(3)4/h7-14H,6H2,1-5H3/b17-7-,19-12?. The van der Waals surface area contributed by atoms with E-state index < -0.39 is 0 Å². The van der Waals surface area contributed by atoms with E-state index in [1.807, 2.05) is 39.1 Å². The maximum atomic E-state index is 12.5. The Balaban J connectivity index is 2.93. The van der Waals surface area contributed by atoms with Crippen LogP contribution in [0.5, 0.6) is 5.75 Å². The minimum absolute atomic E-state index is 0.0775. The lowest BCUT2D eigenvalue weighted by Gasteiger charge is -2.10. The summed E-state index contributed by atoms with van der Waals surface area (Å²) in [5, 5.41) is 0. The Morgan fingerprint density at radius 1 is 1.33 bits per heavy atom. The van der Waals surface area contributed by atoms with Crippen LogP contribution in [0.2, 0.25) is 0 Å². The SMILES string of the molecule is C/C=C(\N=CC(C)CC)C(=O)c1cccc(OC(C)C)c1. The number of nitrogens with zero attached hydrogens (tertiary/aromatic N) is 1. The van der Waals surface area contributed by atoms with Crippen LogP contribution in [0.3, 0.4) is 0 Å². The third-order valence-corrected chi connectivity index (χ3v) is 3.09. The number of rotatable bonds is 7. The summed E-state index contributed by atoms with van der Waals surface area (Å²) < 4.78 is 5.62. The molecular formula is C18H25NO2. The minimum Gasteiger partial charge on any atom is -0.491 e. The Morgan fingerprint density at radius 2 is 2.05 bits per heavy atom. The van der Waals surface area contributed by atoms with Crippen LogP contribution >= 0.6 is 0 Å². The van der Waals surface area contributed by atoms with Gasteiger partial charge < -0.3 is 4.74 Å². The first kappa shape index (κ1) is 17.2. The smallest absolute Gasteiger partial charge is 0.211 e. The molecule has 114 valence electrons. The molecule has 1 atom stereocenters. The molecule has 0 aliphatic rings. The highest BCUT2D eigenvalue weighted by atomic mass is 16.5. The molecule has 0 bridgehead atoms. The summed E-state index contributed by atoms with van der Waals surface area (Å²) in [7, 11) is 0. The topological polar surface area (TPSA) is 38.7 Å². The summed E-state index contributed by atoms with van der Waals surface area (Å²) in [6, 6.07) is 7.24. The maximum absolute atomic E-state index is 12.5. The average molecular weight is 287 g/mol. The minimum atomic E-state index is -0.0775. The van der Waals surface area contributed by atoms with Gasteiger partial charge >= 0.3 is 0 Å². The lowest BCUT2D eigenvalue weighted by Crippen LogP contribution is -2.07. The first-order chi connectivity index (χ1) is 9.97. The van der Waals surface area contributed by atoms with Crippen LogP contribution in [0.1, 0.15) is 51.4 Å². The molecule has 0 saturated heterocycles. The molecule has 0 spiro atoms. The van der Waals surface area contributed by atoms with Gasteiger partial charge in [-0.05, 0) is 45.2 Å². The van der Waals surface area contributed by atoms with Crippen LogP contribution < -0.4 is 4.74 Å². The van der Waals surface area contributed by atoms with Gasteiger partial charge in [-0.25, -0.2) is 0 Å². The fraction of sp³-hybridized carbons (Fsp3) is 0.444. The predicted octanol–water partition coefficient (Wildman–Crippen LogP) is 4.68. The zero-order valence-corrected chi connectivity index (χ0v) is 13.6. The van der Waals surface area contributed by atoms with Crippen molar-refractivity contribution >= 4 is 12.0 Å². The van der Waals surface area contributed by atoms with E-state index in [0.717, 1.165) is 6.42 Å². The summed E-state index contributed by atoms with van der Waals surface area (Å²) in [5.74, 6) is 0.992. The van der Waals surface area contributed by atoms with Crippen LogP contribution in [0.15, 0.2) is 41.0 Å². The number of hydrogen-bond acceptors (Lipinski definition) is 3. The molecule has 0 saturated carbocycles. The number of carbonyl (C=O) groups excluding carboxylic acids is 1. The zero-order valence-electron chi connectivity index (χ0n) is 13.6. The number of benzene rings is 1. The zero-order chi connectivity index (χ0) is 15.8. The molecule has 0 N–H and O–H groups in total. The Labute approximate surface area is 127 Å². The second-order valence-corrected chi connectivity index (χ2v) is 5.36. The van der Waals surface area contributed by atoms with Crippen molar-refractivity contribution in [1.29, 1.82) is 0 Å². The Morgan fingerprint density at radius 3 is 2.62 bits per heavy atom. The van der Waals surface area contributed by atoms with Crippen molar-refractivity contribution in [3.8, 4) is 5.75 Å². The van der Waals surface area contributed by atoms with Crippen molar-refractivity contribution in [2.75, 3.05) is 0 Å². The summed E-state index contributed by atoms with van der Waals surface area (Å²) in [6.45, 7) is 9.93. The van der Waals surface area contributed by atoms with Crippen LogP contribution in [0, 0.1) is 5.92 Å². The third kappa shape index (κ3) is 5.54. The summed E-state index contributed by atoms with van der Waals surface area (Å²) in [4.78, 5) is 16.8. The molecule has 1 unspecified atom stereocenters. The predicted molar refractivity (Wildman–Crippen MR) is 88.2 cm³/mol. The van der Waals surface area contributed by atoms with E-state index in [1.54, 1.807) is 18.2 Å². The molecule has 3 nitrogen and oxygen atoms in total. The van der Waals surface area contributed by atoms with E-state index in [9.17, 15) is 4.79 Å². The number of allylic oxidation sites excluding steroid dienone is 2. The normalized spacial score (nSPS) is 13.7. The van der Waals surface area contributed by atoms with Gasteiger partial charge in [0.05, 0.1) is 6.10 Å². The molecule has 0 aliphatic carbocycles. The van der Waals surface area contributed by atoms with Crippen LogP contribution in [-0.2, 0) is 0 Å². The van der Waals surface area contributed by atoms with Crippen molar-refractivity contribution in [2.24, 2.45) is 10.9 Å². The highest BCUT2D eigenvalue weighted by Crippen LogP contribution is 2.18. The van der Waals surface area contributed by atoms with Gasteiger partial charge in [-0.3, -0.25) is 9.79 Å². The fourth-order valence-electron chi connectivity index (χ4n) is 1.71. The van der Waals surface area contributed by atoms with Gasteiger partial charge in [-0.1, -0.05) is 32.1 Å². The van der Waals surface area contributed by atoms with Crippen molar-refractivity contribution in [2.45, 2.75) is 47.1 Å². The molecule has 0 fully saturated rings. The molecule has 0 aliphatic heterocycles. The molecule has 3 heteroatoms. The van der Waals surface area contributed by atoms with E-state index in [1.165, 1.54) is 0 Å².